The maximum absolute atomic E-state index is 12.8. The van der Waals surface area contributed by atoms with E-state index in [1.54, 1.807) is 16.5 Å². The van der Waals surface area contributed by atoms with Crippen molar-refractivity contribution in [3.05, 3.63) is 58.9 Å². The summed E-state index contributed by atoms with van der Waals surface area (Å²) in [6.45, 7) is 2.93. The molecule has 0 unspecified atom stereocenters. The van der Waals surface area contributed by atoms with E-state index in [1.165, 1.54) is 0 Å². The van der Waals surface area contributed by atoms with Crippen LogP contribution in [0.25, 0.3) is 11.4 Å². The number of hydrogen-bond donors (Lipinski definition) is 1. The third-order valence-corrected chi connectivity index (χ3v) is 5.14. The summed E-state index contributed by atoms with van der Waals surface area (Å²) in [7, 11) is 1.75. The molecule has 4 rings (SSSR count). The van der Waals surface area contributed by atoms with E-state index < -0.39 is 0 Å². The number of rotatable bonds is 5. The number of likely N-dealkylation sites (N-methyl/N-ethyl adjacent to an activating group) is 1. The van der Waals surface area contributed by atoms with Gasteiger partial charge in [-0.25, -0.2) is 0 Å². The molecule has 1 aliphatic rings. The van der Waals surface area contributed by atoms with E-state index in [4.69, 9.17) is 21.7 Å². The third kappa shape index (κ3) is 4.17. The number of carbonyl (C=O) groups is 1. The van der Waals surface area contributed by atoms with E-state index in [-0.39, 0.29) is 18.6 Å². The molecule has 1 aliphatic heterocycles. The minimum absolute atomic E-state index is 0.0849. The molecule has 150 valence electrons. The molecule has 7 nitrogen and oxygen atoms in total. The first kappa shape index (κ1) is 19.2. The van der Waals surface area contributed by atoms with Crippen LogP contribution in [0.2, 0.25) is 0 Å². The summed E-state index contributed by atoms with van der Waals surface area (Å²) in [5, 5.41) is 7.09. The van der Waals surface area contributed by atoms with Crippen LogP contribution in [-0.4, -0.2) is 51.9 Å². The highest BCUT2D eigenvalue weighted by atomic mass is 32.1. The largest absolute Gasteiger partial charge is 0.486 e. The lowest BCUT2D eigenvalue weighted by molar-refractivity contribution is -0.131. The molecule has 2 aromatic carbocycles. The normalized spacial score (nSPS) is 15.2. The molecule has 0 saturated carbocycles. The minimum Gasteiger partial charge on any atom is -0.486 e. The second-order valence-corrected chi connectivity index (χ2v) is 7.46. The van der Waals surface area contributed by atoms with Crippen molar-refractivity contribution in [3.8, 4) is 22.9 Å². The molecular weight excluding hydrogens is 388 g/mol. The van der Waals surface area contributed by atoms with E-state index in [1.807, 2.05) is 55.5 Å². The van der Waals surface area contributed by atoms with E-state index in [9.17, 15) is 4.79 Å². The van der Waals surface area contributed by atoms with Gasteiger partial charge in [-0.3, -0.25) is 14.5 Å². The first-order valence-electron chi connectivity index (χ1n) is 9.36. The average Bonchev–Trinajstić information content (AvgIpc) is 3.08. The molecule has 0 bridgehead atoms. The minimum atomic E-state index is -0.229. The Labute approximate surface area is 173 Å². The molecule has 1 aromatic heterocycles. The summed E-state index contributed by atoms with van der Waals surface area (Å²) in [4.78, 5) is 14.5. The van der Waals surface area contributed by atoms with Gasteiger partial charge in [0.2, 0.25) is 5.91 Å². The summed E-state index contributed by atoms with van der Waals surface area (Å²) >= 11 is 5.34. The summed E-state index contributed by atoms with van der Waals surface area (Å²) in [5.74, 6) is 1.98. The van der Waals surface area contributed by atoms with Crippen molar-refractivity contribution in [2.45, 2.75) is 19.6 Å². The van der Waals surface area contributed by atoms with Crippen LogP contribution in [0, 0.1) is 11.7 Å². The molecule has 0 radical (unpaired) electrons. The smallest absolute Gasteiger partial charge is 0.242 e. The number of nitrogens with one attached hydrogen (secondary N) is 1. The number of ether oxygens (including phenoxy) is 2. The van der Waals surface area contributed by atoms with Crippen LogP contribution in [0.5, 0.6) is 11.5 Å². The van der Waals surface area contributed by atoms with Crippen molar-refractivity contribution in [1.29, 1.82) is 0 Å². The SMILES string of the molecule is Cc1ccc(-c2n[nH]c(=S)n2CC(=O)N(C)C[C@H]2COc3ccccc3O2)cc1. The summed E-state index contributed by atoms with van der Waals surface area (Å²) in [5.41, 5.74) is 2.06. The Balaban J connectivity index is 1.44. The number of aryl methyl sites for hydroxylation is 1. The Hall–Kier alpha value is -3.13. The van der Waals surface area contributed by atoms with Gasteiger partial charge in [0.05, 0.1) is 6.54 Å². The number of fused-ring (bicyclic) bond motifs is 1. The van der Waals surface area contributed by atoms with E-state index in [0.717, 1.165) is 16.9 Å². The Bertz CT molecular complexity index is 1070. The fraction of sp³-hybridized carbons (Fsp3) is 0.286. The molecule has 0 saturated heterocycles. The highest BCUT2D eigenvalue weighted by molar-refractivity contribution is 7.71. The fourth-order valence-corrected chi connectivity index (χ4v) is 3.40. The third-order valence-electron chi connectivity index (χ3n) is 4.83. The van der Waals surface area contributed by atoms with E-state index in [2.05, 4.69) is 10.2 Å². The summed E-state index contributed by atoms with van der Waals surface area (Å²) in [6, 6.07) is 15.5. The monoisotopic (exact) mass is 410 g/mol. The van der Waals surface area contributed by atoms with Gasteiger partial charge in [-0.15, -0.1) is 0 Å². The van der Waals surface area contributed by atoms with Crippen molar-refractivity contribution in [1.82, 2.24) is 19.7 Å². The number of para-hydroxylation sites is 2. The topological polar surface area (TPSA) is 72.4 Å². The van der Waals surface area contributed by atoms with Gasteiger partial charge < -0.3 is 14.4 Å². The van der Waals surface area contributed by atoms with Crippen molar-refractivity contribution in [3.63, 3.8) is 0 Å². The zero-order valence-electron chi connectivity index (χ0n) is 16.3. The van der Waals surface area contributed by atoms with Crippen LogP contribution in [-0.2, 0) is 11.3 Å². The number of carbonyl (C=O) groups excluding carboxylic acids is 1. The van der Waals surface area contributed by atoms with Gasteiger partial charge in [0.1, 0.15) is 13.2 Å². The molecule has 0 aliphatic carbocycles. The van der Waals surface area contributed by atoms with Gasteiger partial charge >= 0.3 is 0 Å². The number of amides is 1. The number of aromatic amines is 1. The molecule has 3 aromatic rings. The highest BCUT2D eigenvalue weighted by Crippen LogP contribution is 2.31. The van der Waals surface area contributed by atoms with Crippen molar-refractivity contribution in [2.24, 2.45) is 0 Å². The average molecular weight is 410 g/mol. The maximum atomic E-state index is 12.8. The predicted octanol–water partition coefficient (Wildman–Crippen LogP) is 3.21. The Morgan fingerprint density at radius 1 is 1.24 bits per heavy atom. The Morgan fingerprint density at radius 3 is 2.72 bits per heavy atom. The molecule has 1 N–H and O–H groups in total. The van der Waals surface area contributed by atoms with Gasteiger partial charge in [0.15, 0.2) is 28.2 Å². The first-order valence-corrected chi connectivity index (χ1v) is 9.77. The first-order chi connectivity index (χ1) is 14.0. The van der Waals surface area contributed by atoms with E-state index in [0.29, 0.717) is 29.5 Å². The van der Waals surface area contributed by atoms with Crippen LogP contribution >= 0.6 is 12.2 Å². The number of aromatic nitrogens is 3. The summed E-state index contributed by atoms with van der Waals surface area (Å²) in [6.07, 6.45) is -0.229. The number of hydrogen-bond acceptors (Lipinski definition) is 5. The number of nitrogens with zero attached hydrogens (tertiary/aromatic N) is 3. The summed E-state index contributed by atoms with van der Waals surface area (Å²) < 4.78 is 13.8. The van der Waals surface area contributed by atoms with Crippen LogP contribution in [0.4, 0.5) is 0 Å². The Morgan fingerprint density at radius 2 is 1.97 bits per heavy atom. The highest BCUT2D eigenvalue weighted by Gasteiger charge is 2.24. The molecule has 0 spiro atoms. The second kappa shape index (κ2) is 8.08. The standard InChI is InChI=1S/C21H22N4O3S/c1-14-7-9-15(10-8-14)20-22-23-21(29)25(20)12-19(26)24(2)11-16-13-27-17-5-3-4-6-18(17)28-16/h3-10,16H,11-13H2,1-2H3,(H,23,29)/t16-/m0/s1. The fourth-order valence-electron chi connectivity index (χ4n) is 3.20. The van der Waals surface area contributed by atoms with Gasteiger partial charge in [-0.1, -0.05) is 42.0 Å². The van der Waals surface area contributed by atoms with Crippen molar-refractivity contribution < 1.29 is 14.3 Å². The molecule has 1 amide bonds. The molecule has 2 heterocycles. The van der Waals surface area contributed by atoms with Crippen LogP contribution in [0.3, 0.4) is 0 Å². The molecule has 0 fully saturated rings. The lowest BCUT2D eigenvalue weighted by atomic mass is 10.1. The van der Waals surface area contributed by atoms with Crippen molar-refractivity contribution in [2.75, 3.05) is 20.2 Å². The molecule has 29 heavy (non-hydrogen) atoms. The molecule has 8 heteroatoms. The lowest BCUT2D eigenvalue weighted by Gasteiger charge is -2.29. The zero-order valence-corrected chi connectivity index (χ0v) is 17.1. The van der Waals surface area contributed by atoms with E-state index >= 15 is 0 Å². The zero-order chi connectivity index (χ0) is 20.4. The lowest BCUT2D eigenvalue weighted by Crippen LogP contribution is -2.42. The molecule has 1 atom stereocenters. The Kier molecular flexibility index (Phi) is 5.35. The number of benzene rings is 2. The molecular formula is C21H22N4O3S. The van der Waals surface area contributed by atoms with Crippen LogP contribution < -0.4 is 9.47 Å². The van der Waals surface area contributed by atoms with Gasteiger partial charge in [-0.2, -0.15) is 5.10 Å². The van der Waals surface area contributed by atoms with Gasteiger partial charge in [0.25, 0.3) is 0 Å². The second-order valence-electron chi connectivity index (χ2n) is 7.08. The predicted molar refractivity (Wildman–Crippen MR) is 112 cm³/mol. The number of H-pyrrole nitrogens is 1. The quantitative estimate of drug-likeness (QED) is 0.654. The van der Waals surface area contributed by atoms with Crippen LogP contribution in [0.15, 0.2) is 48.5 Å². The van der Waals surface area contributed by atoms with Gasteiger partial charge in [-0.05, 0) is 31.3 Å². The van der Waals surface area contributed by atoms with Gasteiger partial charge in [0, 0.05) is 12.6 Å². The van der Waals surface area contributed by atoms with Crippen molar-refractivity contribution >= 4 is 18.1 Å². The maximum Gasteiger partial charge on any atom is 0.242 e. The van der Waals surface area contributed by atoms with Crippen LogP contribution in [0.1, 0.15) is 5.56 Å².